The van der Waals surface area contributed by atoms with E-state index in [1.165, 1.54) is 28.8 Å². The predicted octanol–water partition coefficient (Wildman–Crippen LogP) is 4.31. The van der Waals surface area contributed by atoms with Crippen LogP contribution in [-0.4, -0.2) is 26.9 Å². The van der Waals surface area contributed by atoms with Gasteiger partial charge in [0.05, 0.1) is 17.1 Å². The monoisotopic (exact) mass is 347 g/mol. The lowest BCUT2D eigenvalue weighted by Crippen LogP contribution is -2.40. The summed E-state index contributed by atoms with van der Waals surface area (Å²) in [7, 11) is 0. The Bertz CT molecular complexity index is 996. The van der Waals surface area contributed by atoms with E-state index >= 15 is 0 Å². The Balaban J connectivity index is 1.56. The van der Waals surface area contributed by atoms with E-state index < -0.39 is 0 Å². The number of amides is 1. The number of nitrogens with zero attached hydrogens (tertiary/aromatic N) is 2. The molecule has 1 aliphatic carbocycles. The van der Waals surface area contributed by atoms with Crippen LogP contribution in [0.3, 0.4) is 0 Å². The third kappa shape index (κ3) is 2.24. The van der Waals surface area contributed by atoms with Gasteiger partial charge in [-0.1, -0.05) is 19.1 Å². The Morgan fingerprint density at radius 2 is 2.04 bits per heavy atom. The van der Waals surface area contributed by atoms with Crippen molar-refractivity contribution in [3.05, 3.63) is 59.0 Å². The molecule has 0 spiro atoms. The summed E-state index contributed by atoms with van der Waals surface area (Å²) in [5.41, 5.74) is 5.82. The van der Waals surface area contributed by atoms with Crippen LogP contribution in [0.15, 0.2) is 36.5 Å². The fourth-order valence-corrected chi connectivity index (χ4v) is 4.80. The van der Waals surface area contributed by atoms with Gasteiger partial charge in [-0.15, -0.1) is 0 Å². The molecule has 2 atom stereocenters. The summed E-state index contributed by atoms with van der Waals surface area (Å²) < 4.78 is 2.25. The minimum atomic E-state index is 0.103. The number of hydrogen-bond donors (Lipinski definition) is 1. The number of aromatic amines is 1. The molecule has 5 rings (SSSR count). The van der Waals surface area contributed by atoms with Gasteiger partial charge >= 0.3 is 0 Å². The van der Waals surface area contributed by atoms with Crippen molar-refractivity contribution in [3.63, 3.8) is 0 Å². The van der Waals surface area contributed by atoms with Gasteiger partial charge in [0.2, 0.25) is 0 Å². The van der Waals surface area contributed by atoms with Crippen molar-refractivity contribution in [1.29, 1.82) is 0 Å². The molecule has 1 aromatic carbocycles. The number of rotatable bonds is 1. The quantitative estimate of drug-likeness (QED) is 0.700. The number of carbonyl (C=O) groups is 1. The van der Waals surface area contributed by atoms with E-state index in [-0.39, 0.29) is 11.9 Å². The zero-order valence-corrected chi connectivity index (χ0v) is 15.5. The van der Waals surface area contributed by atoms with Crippen molar-refractivity contribution in [2.75, 3.05) is 6.54 Å². The van der Waals surface area contributed by atoms with Crippen LogP contribution < -0.4 is 0 Å². The van der Waals surface area contributed by atoms with Crippen molar-refractivity contribution >= 4 is 16.8 Å². The van der Waals surface area contributed by atoms with Crippen LogP contribution in [0.4, 0.5) is 0 Å². The molecule has 0 bridgehead atoms. The molecular weight excluding hydrogens is 322 g/mol. The Morgan fingerprint density at radius 1 is 1.15 bits per heavy atom. The molecule has 26 heavy (non-hydrogen) atoms. The minimum absolute atomic E-state index is 0.103. The number of fused-ring (bicyclic) bond motifs is 4. The smallest absolute Gasteiger partial charge is 0.256 e. The normalized spacial score (nSPS) is 22.3. The summed E-state index contributed by atoms with van der Waals surface area (Å²) in [6.45, 7) is 6.08. The van der Waals surface area contributed by atoms with Gasteiger partial charge < -0.3 is 14.5 Å². The van der Waals surface area contributed by atoms with Gasteiger partial charge in [-0.2, -0.15) is 0 Å². The Kier molecular flexibility index (Phi) is 3.49. The topological polar surface area (TPSA) is 41.0 Å². The molecule has 2 unspecified atom stereocenters. The van der Waals surface area contributed by atoms with Crippen molar-refractivity contribution in [1.82, 2.24) is 14.5 Å². The first-order chi connectivity index (χ1) is 12.6. The molecule has 4 heteroatoms. The second-order valence-electron chi connectivity index (χ2n) is 7.96. The average molecular weight is 347 g/mol. The highest BCUT2D eigenvalue weighted by atomic mass is 16.2. The van der Waals surface area contributed by atoms with Gasteiger partial charge in [-0.25, -0.2) is 0 Å². The van der Waals surface area contributed by atoms with E-state index in [4.69, 9.17) is 0 Å². The van der Waals surface area contributed by atoms with Crippen LogP contribution in [-0.2, 0) is 19.4 Å². The maximum absolute atomic E-state index is 13.4. The molecule has 1 aliphatic heterocycles. The van der Waals surface area contributed by atoms with Crippen LogP contribution >= 0.6 is 0 Å². The lowest BCUT2D eigenvalue weighted by atomic mass is 9.87. The van der Waals surface area contributed by atoms with Gasteiger partial charge in [0.15, 0.2) is 0 Å². The van der Waals surface area contributed by atoms with Gasteiger partial charge in [0.1, 0.15) is 0 Å². The molecule has 0 saturated heterocycles. The molecular formula is C22H25N3O. The summed E-state index contributed by atoms with van der Waals surface area (Å²) in [4.78, 5) is 19.1. The molecule has 0 radical (unpaired) electrons. The summed E-state index contributed by atoms with van der Waals surface area (Å²) in [6, 6.07) is 10.5. The lowest BCUT2D eigenvalue weighted by Gasteiger charge is -2.35. The van der Waals surface area contributed by atoms with Crippen molar-refractivity contribution < 1.29 is 4.79 Å². The van der Waals surface area contributed by atoms with Crippen molar-refractivity contribution in [2.24, 2.45) is 5.92 Å². The van der Waals surface area contributed by atoms with Gasteiger partial charge in [-0.05, 0) is 55.9 Å². The summed E-state index contributed by atoms with van der Waals surface area (Å²) in [5.74, 6) is 0.859. The number of para-hydroxylation sites is 1. The van der Waals surface area contributed by atoms with Gasteiger partial charge in [0, 0.05) is 36.1 Å². The third-order valence-electron chi connectivity index (χ3n) is 6.30. The molecule has 134 valence electrons. The fraction of sp³-hybridized carbons (Fsp3) is 0.409. The zero-order valence-electron chi connectivity index (χ0n) is 15.5. The second-order valence-corrected chi connectivity index (χ2v) is 7.96. The Morgan fingerprint density at radius 3 is 2.92 bits per heavy atom. The highest BCUT2D eigenvalue weighted by Crippen LogP contribution is 2.34. The molecule has 3 aromatic rings. The first kappa shape index (κ1) is 15.7. The largest absolute Gasteiger partial charge is 0.358 e. The van der Waals surface area contributed by atoms with E-state index in [1.807, 2.05) is 17.0 Å². The van der Waals surface area contributed by atoms with Crippen LogP contribution in [0.25, 0.3) is 10.9 Å². The number of aryl methyl sites for hydroxylation is 1. The van der Waals surface area contributed by atoms with Gasteiger partial charge in [-0.3, -0.25) is 4.79 Å². The molecule has 2 aliphatic rings. The molecule has 1 N–H and O–H groups in total. The number of nitrogens with one attached hydrogen (secondary N) is 1. The van der Waals surface area contributed by atoms with E-state index in [2.05, 4.69) is 47.8 Å². The number of benzene rings is 1. The molecule has 3 heterocycles. The lowest BCUT2D eigenvalue weighted by molar-refractivity contribution is 0.0646. The van der Waals surface area contributed by atoms with E-state index in [9.17, 15) is 4.79 Å². The third-order valence-corrected chi connectivity index (χ3v) is 6.30. The van der Waals surface area contributed by atoms with Crippen LogP contribution in [0.5, 0.6) is 0 Å². The number of H-pyrrole nitrogens is 1. The molecule has 1 amide bonds. The number of aromatic nitrogens is 2. The molecule has 2 aromatic heterocycles. The predicted molar refractivity (Wildman–Crippen MR) is 103 cm³/mol. The molecule has 0 saturated carbocycles. The van der Waals surface area contributed by atoms with Crippen LogP contribution in [0.1, 0.15) is 53.6 Å². The maximum atomic E-state index is 13.4. The molecule has 0 fully saturated rings. The highest BCUT2D eigenvalue weighted by molar-refractivity contribution is 6.07. The number of carbonyl (C=O) groups excluding carboxylic acids is 1. The Hall–Kier alpha value is -2.49. The van der Waals surface area contributed by atoms with Crippen LogP contribution in [0, 0.1) is 5.92 Å². The van der Waals surface area contributed by atoms with Crippen molar-refractivity contribution in [3.8, 4) is 0 Å². The summed E-state index contributed by atoms with van der Waals surface area (Å²) >= 11 is 0. The SMILES string of the molecule is CC1CCc2[nH]c3c(C(=O)N4CCn5cccc5C4C)cccc3c2C1. The zero-order chi connectivity index (χ0) is 17.8. The fourth-order valence-electron chi connectivity index (χ4n) is 4.80. The summed E-state index contributed by atoms with van der Waals surface area (Å²) in [5, 5.41) is 1.24. The average Bonchev–Trinajstić information content (AvgIpc) is 3.26. The van der Waals surface area contributed by atoms with Crippen molar-refractivity contribution in [2.45, 2.75) is 45.7 Å². The second kappa shape index (κ2) is 5.76. The highest BCUT2D eigenvalue weighted by Gasteiger charge is 2.30. The first-order valence-corrected chi connectivity index (χ1v) is 9.72. The van der Waals surface area contributed by atoms with E-state index in [0.29, 0.717) is 0 Å². The number of hydrogen-bond acceptors (Lipinski definition) is 1. The van der Waals surface area contributed by atoms with Crippen LogP contribution in [0.2, 0.25) is 0 Å². The summed E-state index contributed by atoms with van der Waals surface area (Å²) in [6.07, 6.45) is 5.53. The molecule has 4 nitrogen and oxygen atoms in total. The minimum Gasteiger partial charge on any atom is -0.358 e. The Labute approximate surface area is 153 Å². The standard InChI is InChI=1S/C22H25N3O/c1-14-8-9-19-18(13-14)16-5-3-6-17(21(16)23-19)22(26)25-12-11-24-10-4-7-20(24)15(25)2/h3-7,10,14-15,23H,8-9,11-13H2,1-2H3. The van der Waals surface area contributed by atoms with Gasteiger partial charge in [0.25, 0.3) is 5.91 Å². The van der Waals surface area contributed by atoms with E-state index in [1.54, 1.807) is 0 Å². The maximum Gasteiger partial charge on any atom is 0.256 e. The first-order valence-electron chi connectivity index (χ1n) is 9.72. The van der Waals surface area contributed by atoms with E-state index in [0.717, 1.165) is 42.9 Å².